The molecule has 78 valence electrons. The van der Waals surface area contributed by atoms with E-state index in [1.807, 2.05) is 0 Å². The normalized spacial score (nSPS) is 27.1. The molecule has 4 nitrogen and oxygen atoms in total. The van der Waals surface area contributed by atoms with Gasteiger partial charge in [-0.1, -0.05) is 0 Å². The lowest BCUT2D eigenvalue weighted by molar-refractivity contribution is 0.285. The van der Waals surface area contributed by atoms with Crippen LogP contribution < -0.4 is 5.32 Å². The van der Waals surface area contributed by atoms with Crippen LogP contribution in [0.3, 0.4) is 0 Å². The first kappa shape index (κ1) is 9.86. The Balaban J connectivity index is 1.97. The van der Waals surface area contributed by atoms with Gasteiger partial charge in [0.2, 0.25) is 5.13 Å². The zero-order chi connectivity index (χ0) is 9.97. The van der Waals surface area contributed by atoms with E-state index in [9.17, 15) is 0 Å². The number of nitrogens with one attached hydrogen (secondary N) is 1. The minimum atomic E-state index is 0.540. The fourth-order valence-electron chi connectivity index (χ4n) is 2.12. The van der Waals surface area contributed by atoms with Gasteiger partial charge in [-0.3, -0.25) is 0 Å². The maximum atomic E-state index is 4.15. The van der Waals surface area contributed by atoms with Crippen molar-refractivity contribution in [2.75, 3.05) is 19.4 Å². The van der Waals surface area contributed by atoms with E-state index in [1.165, 1.54) is 30.8 Å². The molecule has 1 aliphatic rings. The van der Waals surface area contributed by atoms with Crippen LogP contribution in [0.4, 0.5) is 5.13 Å². The largest absolute Gasteiger partial charge is 0.356 e. The number of rotatable bonds is 3. The lowest BCUT2D eigenvalue weighted by Gasteiger charge is -2.26. The molecule has 2 unspecified atom stereocenters. The van der Waals surface area contributed by atoms with Crippen LogP contribution in [-0.2, 0) is 0 Å². The number of hydrogen-bond acceptors (Lipinski definition) is 5. The van der Waals surface area contributed by atoms with Crippen LogP contribution in [-0.4, -0.2) is 40.4 Å². The second-order valence-corrected chi connectivity index (χ2v) is 4.74. The second kappa shape index (κ2) is 4.23. The van der Waals surface area contributed by atoms with Crippen molar-refractivity contribution < 1.29 is 0 Å². The summed E-state index contributed by atoms with van der Waals surface area (Å²) in [5.74, 6) is 0. The van der Waals surface area contributed by atoms with E-state index in [2.05, 4.69) is 33.7 Å². The van der Waals surface area contributed by atoms with Crippen molar-refractivity contribution in [1.82, 2.24) is 14.3 Å². The molecule has 0 saturated heterocycles. The molecule has 2 atom stereocenters. The lowest BCUT2D eigenvalue weighted by atomic mass is 10.1. The van der Waals surface area contributed by atoms with Crippen LogP contribution in [0.2, 0.25) is 0 Å². The molecule has 1 aromatic rings. The van der Waals surface area contributed by atoms with E-state index in [0.29, 0.717) is 12.1 Å². The maximum Gasteiger partial charge on any atom is 0.202 e. The van der Waals surface area contributed by atoms with Gasteiger partial charge in [0, 0.05) is 23.6 Å². The van der Waals surface area contributed by atoms with E-state index in [4.69, 9.17) is 0 Å². The standard InChI is InChI=1S/C9H16N4S/c1-13(2)8-5-3-4-7(8)12-9-10-6-11-14-9/h6-8H,3-5H2,1-2H3,(H,10,11,12). The molecule has 1 fully saturated rings. The number of nitrogens with zero attached hydrogens (tertiary/aromatic N) is 3. The molecule has 0 aliphatic heterocycles. The van der Waals surface area contributed by atoms with Gasteiger partial charge in [-0.25, -0.2) is 4.98 Å². The molecule has 1 N–H and O–H groups in total. The number of likely N-dealkylation sites (N-methyl/N-ethyl adjacent to an activating group) is 1. The summed E-state index contributed by atoms with van der Waals surface area (Å²) in [6.45, 7) is 0. The van der Waals surface area contributed by atoms with Crippen LogP contribution in [0.5, 0.6) is 0 Å². The van der Waals surface area contributed by atoms with Crippen LogP contribution in [0.1, 0.15) is 19.3 Å². The van der Waals surface area contributed by atoms with E-state index in [1.54, 1.807) is 6.33 Å². The van der Waals surface area contributed by atoms with Crippen LogP contribution in [0.25, 0.3) is 0 Å². The molecule has 5 heteroatoms. The summed E-state index contributed by atoms with van der Waals surface area (Å²) in [4.78, 5) is 6.45. The van der Waals surface area contributed by atoms with Crippen molar-refractivity contribution in [3.63, 3.8) is 0 Å². The number of anilines is 1. The molecule has 1 aromatic heterocycles. The molecule has 1 saturated carbocycles. The molecule has 14 heavy (non-hydrogen) atoms. The maximum absolute atomic E-state index is 4.15. The average molecular weight is 212 g/mol. The van der Waals surface area contributed by atoms with Crippen molar-refractivity contribution >= 4 is 16.7 Å². The van der Waals surface area contributed by atoms with Gasteiger partial charge in [-0.05, 0) is 33.4 Å². The third-order valence-corrected chi connectivity index (χ3v) is 3.41. The van der Waals surface area contributed by atoms with E-state index in [0.717, 1.165) is 5.13 Å². The Hall–Kier alpha value is -0.680. The fraction of sp³-hybridized carbons (Fsp3) is 0.778. The summed E-state index contributed by atoms with van der Waals surface area (Å²) >= 11 is 1.43. The summed E-state index contributed by atoms with van der Waals surface area (Å²) in [5, 5.41) is 4.40. The summed E-state index contributed by atoms with van der Waals surface area (Å²) in [6, 6.07) is 1.18. The van der Waals surface area contributed by atoms with Gasteiger partial charge in [-0.2, -0.15) is 4.37 Å². The Morgan fingerprint density at radius 2 is 2.36 bits per heavy atom. The first-order valence-electron chi connectivity index (χ1n) is 4.97. The lowest BCUT2D eigenvalue weighted by Crippen LogP contribution is -2.39. The monoisotopic (exact) mass is 212 g/mol. The summed E-state index contributed by atoms with van der Waals surface area (Å²) in [5.41, 5.74) is 0. The summed E-state index contributed by atoms with van der Waals surface area (Å²) in [6.07, 6.45) is 5.43. The molecule has 0 aromatic carbocycles. The Morgan fingerprint density at radius 1 is 1.50 bits per heavy atom. The highest BCUT2D eigenvalue weighted by Crippen LogP contribution is 2.25. The first-order valence-corrected chi connectivity index (χ1v) is 5.74. The molecule has 0 bridgehead atoms. The van der Waals surface area contributed by atoms with Crippen LogP contribution in [0, 0.1) is 0 Å². The topological polar surface area (TPSA) is 41.0 Å². The van der Waals surface area contributed by atoms with Gasteiger partial charge in [0.1, 0.15) is 6.33 Å². The zero-order valence-electron chi connectivity index (χ0n) is 8.60. The fourth-order valence-corrected chi connectivity index (χ4v) is 2.61. The van der Waals surface area contributed by atoms with Crippen molar-refractivity contribution in [2.24, 2.45) is 0 Å². The average Bonchev–Trinajstić information content (AvgIpc) is 2.75. The third-order valence-electron chi connectivity index (χ3n) is 2.81. The highest BCUT2D eigenvalue weighted by Gasteiger charge is 2.29. The first-order chi connectivity index (χ1) is 6.77. The molecular formula is C9H16N4S. The van der Waals surface area contributed by atoms with Gasteiger partial charge in [0.25, 0.3) is 0 Å². The SMILES string of the molecule is CN(C)C1CCCC1Nc1ncns1. The van der Waals surface area contributed by atoms with E-state index < -0.39 is 0 Å². The molecule has 1 heterocycles. The smallest absolute Gasteiger partial charge is 0.202 e. The predicted molar refractivity (Wildman–Crippen MR) is 58.6 cm³/mol. The zero-order valence-corrected chi connectivity index (χ0v) is 9.42. The molecule has 0 amide bonds. The van der Waals surface area contributed by atoms with Gasteiger partial charge < -0.3 is 10.2 Å². The van der Waals surface area contributed by atoms with Gasteiger partial charge in [-0.15, -0.1) is 0 Å². The summed E-state index contributed by atoms with van der Waals surface area (Å²) < 4.78 is 3.99. The Morgan fingerprint density at radius 3 is 3.00 bits per heavy atom. The van der Waals surface area contributed by atoms with Crippen molar-refractivity contribution in [3.05, 3.63) is 6.33 Å². The molecule has 1 aliphatic carbocycles. The third kappa shape index (κ3) is 2.04. The van der Waals surface area contributed by atoms with Crippen LogP contribution >= 0.6 is 11.5 Å². The second-order valence-electron chi connectivity index (χ2n) is 3.96. The van der Waals surface area contributed by atoms with E-state index in [-0.39, 0.29) is 0 Å². The van der Waals surface area contributed by atoms with Crippen LogP contribution in [0.15, 0.2) is 6.33 Å². The van der Waals surface area contributed by atoms with E-state index >= 15 is 0 Å². The van der Waals surface area contributed by atoms with Gasteiger partial charge in [0.15, 0.2) is 0 Å². The van der Waals surface area contributed by atoms with Crippen molar-refractivity contribution in [2.45, 2.75) is 31.3 Å². The Bertz CT molecular complexity index is 272. The number of hydrogen-bond donors (Lipinski definition) is 1. The highest BCUT2D eigenvalue weighted by molar-refractivity contribution is 7.09. The minimum Gasteiger partial charge on any atom is -0.356 e. The molecule has 0 spiro atoms. The molecular weight excluding hydrogens is 196 g/mol. The molecule has 0 radical (unpaired) electrons. The highest BCUT2D eigenvalue weighted by atomic mass is 32.1. The predicted octanol–water partition coefficient (Wildman–Crippen LogP) is 1.43. The Labute approximate surface area is 88.5 Å². The van der Waals surface area contributed by atoms with Crippen molar-refractivity contribution in [1.29, 1.82) is 0 Å². The summed E-state index contributed by atoms with van der Waals surface area (Å²) in [7, 11) is 4.29. The number of aromatic nitrogens is 2. The Kier molecular flexibility index (Phi) is 2.98. The van der Waals surface area contributed by atoms with Crippen molar-refractivity contribution in [3.8, 4) is 0 Å². The minimum absolute atomic E-state index is 0.540. The van der Waals surface area contributed by atoms with Gasteiger partial charge in [0.05, 0.1) is 0 Å². The quantitative estimate of drug-likeness (QED) is 0.823. The molecule has 2 rings (SSSR count). The van der Waals surface area contributed by atoms with Gasteiger partial charge >= 0.3 is 0 Å².